The summed E-state index contributed by atoms with van der Waals surface area (Å²) in [5, 5.41) is 0. The van der Waals surface area contributed by atoms with Gasteiger partial charge in [-0.15, -0.1) is 0 Å². The fourth-order valence-electron chi connectivity index (χ4n) is 3.70. The lowest BCUT2D eigenvalue weighted by Crippen LogP contribution is -2.39. The number of aromatic nitrogens is 1. The van der Waals surface area contributed by atoms with Crippen molar-refractivity contribution in [2.24, 2.45) is 0 Å². The maximum Gasteiger partial charge on any atom is 0.0312 e. The minimum absolute atomic E-state index is 0.692. The lowest BCUT2D eigenvalue weighted by molar-refractivity contribution is 0.166. The van der Waals surface area contributed by atoms with Crippen molar-refractivity contribution in [3.8, 4) is 0 Å². The van der Waals surface area contributed by atoms with Crippen LogP contribution in [-0.2, 0) is 13.1 Å². The van der Waals surface area contributed by atoms with Gasteiger partial charge < -0.3 is 0 Å². The van der Waals surface area contributed by atoms with Crippen LogP contribution in [0.25, 0.3) is 0 Å². The highest BCUT2D eigenvalue weighted by Crippen LogP contribution is 2.20. The van der Waals surface area contributed by atoms with Crippen LogP contribution in [-0.4, -0.2) is 40.5 Å². The van der Waals surface area contributed by atoms with Crippen LogP contribution in [0.4, 0.5) is 0 Å². The maximum atomic E-state index is 4.28. The lowest BCUT2D eigenvalue weighted by Gasteiger charge is -2.30. The quantitative estimate of drug-likeness (QED) is 0.771. The molecular formula is C21H29N3. The number of likely N-dealkylation sites (tertiary alicyclic amines) is 1. The van der Waals surface area contributed by atoms with Crippen molar-refractivity contribution in [2.75, 3.05) is 19.6 Å². The van der Waals surface area contributed by atoms with E-state index in [4.69, 9.17) is 0 Å². The molecule has 0 bridgehead atoms. The molecule has 0 saturated carbocycles. The van der Waals surface area contributed by atoms with Crippen molar-refractivity contribution in [3.63, 3.8) is 0 Å². The molecule has 3 heteroatoms. The standard InChI is InChI=1S/C21H29N3/c1-3-24-13-5-7-21(24)17-23(16-20-6-4-12-22-14-20)15-19-10-8-18(2)9-11-19/h4,6,8-12,14,21H,3,5,7,13,15-17H2,1-2H3. The number of pyridine rings is 1. The second kappa shape index (κ2) is 8.41. The van der Waals surface area contributed by atoms with Gasteiger partial charge in [0.2, 0.25) is 0 Å². The van der Waals surface area contributed by atoms with Gasteiger partial charge in [-0.2, -0.15) is 0 Å². The van der Waals surface area contributed by atoms with Crippen molar-refractivity contribution >= 4 is 0 Å². The van der Waals surface area contributed by atoms with Crippen LogP contribution in [0.2, 0.25) is 0 Å². The third-order valence-electron chi connectivity index (χ3n) is 5.03. The van der Waals surface area contributed by atoms with Crippen LogP contribution in [0.15, 0.2) is 48.8 Å². The summed E-state index contributed by atoms with van der Waals surface area (Å²) in [6.07, 6.45) is 6.51. The van der Waals surface area contributed by atoms with Gasteiger partial charge in [0, 0.05) is 38.1 Å². The highest BCUT2D eigenvalue weighted by Gasteiger charge is 2.25. The van der Waals surface area contributed by atoms with Crippen molar-refractivity contribution in [1.29, 1.82) is 0 Å². The Labute approximate surface area is 146 Å². The van der Waals surface area contributed by atoms with Gasteiger partial charge in [-0.25, -0.2) is 0 Å². The molecule has 24 heavy (non-hydrogen) atoms. The Morgan fingerprint density at radius 3 is 2.62 bits per heavy atom. The second-order valence-electron chi connectivity index (χ2n) is 6.94. The SMILES string of the molecule is CCN1CCCC1CN(Cc1ccc(C)cc1)Cc1cccnc1. The first-order valence-electron chi connectivity index (χ1n) is 9.15. The molecule has 2 aromatic rings. The van der Waals surface area contributed by atoms with Gasteiger partial charge in [0.05, 0.1) is 0 Å². The molecule has 1 unspecified atom stereocenters. The zero-order valence-electron chi connectivity index (χ0n) is 15.0. The summed E-state index contributed by atoms with van der Waals surface area (Å²) in [6, 6.07) is 13.9. The minimum Gasteiger partial charge on any atom is -0.299 e. The van der Waals surface area contributed by atoms with Crippen LogP contribution in [0, 0.1) is 6.92 Å². The number of aryl methyl sites for hydroxylation is 1. The van der Waals surface area contributed by atoms with E-state index in [2.05, 4.69) is 59.0 Å². The molecule has 0 radical (unpaired) electrons. The molecule has 1 atom stereocenters. The predicted molar refractivity (Wildman–Crippen MR) is 99.8 cm³/mol. The molecule has 1 aliphatic heterocycles. The van der Waals surface area contributed by atoms with E-state index in [1.165, 1.54) is 36.1 Å². The summed E-state index contributed by atoms with van der Waals surface area (Å²) in [5.74, 6) is 0. The van der Waals surface area contributed by atoms with Crippen molar-refractivity contribution < 1.29 is 0 Å². The predicted octanol–water partition coefficient (Wildman–Crippen LogP) is 3.88. The summed E-state index contributed by atoms with van der Waals surface area (Å²) in [5.41, 5.74) is 4.02. The molecular weight excluding hydrogens is 294 g/mol. The maximum absolute atomic E-state index is 4.28. The Morgan fingerprint density at radius 2 is 1.92 bits per heavy atom. The molecule has 0 amide bonds. The van der Waals surface area contributed by atoms with Gasteiger partial charge in [0.15, 0.2) is 0 Å². The monoisotopic (exact) mass is 323 g/mol. The van der Waals surface area contributed by atoms with Gasteiger partial charge >= 0.3 is 0 Å². The number of rotatable bonds is 7. The Morgan fingerprint density at radius 1 is 1.12 bits per heavy atom. The summed E-state index contributed by atoms with van der Waals surface area (Å²) >= 11 is 0. The summed E-state index contributed by atoms with van der Waals surface area (Å²) in [6.45, 7) is 9.95. The van der Waals surface area contributed by atoms with E-state index in [1.807, 2.05) is 18.5 Å². The molecule has 1 fully saturated rings. The van der Waals surface area contributed by atoms with Gasteiger partial charge in [-0.05, 0) is 50.0 Å². The lowest BCUT2D eigenvalue weighted by atomic mass is 10.1. The average molecular weight is 323 g/mol. The Balaban J connectivity index is 1.71. The van der Waals surface area contributed by atoms with Crippen LogP contribution in [0.1, 0.15) is 36.5 Å². The van der Waals surface area contributed by atoms with E-state index in [0.29, 0.717) is 6.04 Å². The number of likely N-dealkylation sites (N-methyl/N-ethyl adjacent to an activating group) is 1. The van der Waals surface area contributed by atoms with Gasteiger partial charge in [-0.3, -0.25) is 14.8 Å². The molecule has 3 rings (SSSR count). The first-order valence-corrected chi connectivity index (χ1v) is 9.15. The zero-order chi connectivity index (χ0) is 16.8. The Hall–Kier alpha value is -1.71. The Kier molecular flexibility index (Phi) is 6.00. The molecule has 0 spiro atoms. The molecule has 1 aromatic carbocycles. The highest BCUT2D eigenvalue weighted by molar-refractivity contribution is 5.21. The number of hydrogen-bond acceptors (Lipinski definition) is 3. The smallest absolute Gasteiger partial charge is 0.0312 e. The van der Waals surface area contributed by atoms with Crippen LogP contribution in [0.3, 0.4) is 0 Å². The molecule has 0 N–H and O–H groups in total. The first-order chi connectivity index (χ1) is 11.7. The highest BCUT2D eigenvalue weighted by atomic mass is 15.2. The van der Waals surface area contributed by atoms with E-state index < -0.39 is 0 Å². The van der Waals surface area contributed by atoms with Crippen molar-refractivity contribution in [2.45, 2.75) is 45.8 Å². The molecule has 0 aliphatic carbocycles. The second-order valence-corrected chi connectivity index (χ2v) is 6.94. The molecule has 3 nitrogen and oxygen atoms in total. The molecule has 2 heterocycles. The largest absolute Gasteiger partial charge is 0.299 e. The third kappa shape index (κ3) is 4.65. The van der Waals surface area contributed by atoms with E-state index in [-0.39, 0.29) is 0 Å². The van der Waals surface area contributed by atoms with E-state index in [9.17, 15) is 0 Å². The summed E-state index contributed by atoms with van der Waals surface area (Å²) < 4.78 is 0. The first kappa shape index (κ1) is 17.1. The Bertz CT molecular complexity index is 609. The van der Waals surface area contributed by atoms with Crippen LogP contribution < -0.4 is 0 Å². The zero-order valence-corrected chi connectivity index (χ0v) is 15.0. The van der Waals surface area contributed by atoms with E-state index in [1.54, 1.807) is 0 Å². The van der Waals surface area contributed by atoms with Crippen LogP contribution in [0.5, 0.6) is 0 Å². The normalized spacial score (nSPS) is 18.4. The topological polar surface area (TPSA) is 19.4 Å². The van der Waals surface area contributed by atoms with Crippen LogP contribution >= 0.6 is 0 Å². The van der Waals surface area contributed by atoms with Gasteiger partial charge in [0.1, 0.15) is 0 Å². The van der Waals surface area contributed by atoms with Crippen molar-refractivity contribution in [3.05, 3.63) is 65.5 Å². The fourth-order valence-corrected chi connectivity index (χ4v) is 3.70. The van der Waals surface area contributed by atoms with Gasteiger partial charge in [-0.1, -0.05) is 42.8 Å². The molecule has 1 saturated heterocycles. The van der Waals surface area contributed by atoms with E-state index >= 15 is 0 Å². The molecule has 1 aromatic heterocycles. The number of hydrogen-bond donors (Lipinski definition) is 0. The minimum atomic E-state index is 0.692. The van der Waals surface area contributed by atoms with Crippen molar-refractivity contribution in [1.82, 2.24) is 14.8 Å². The van der Waals surface area contributed by atoms with Gasteiger partial charge in [0.25, 0.3) is 0 Å². The summed E-state index contributed by atoms with van der Waals surface area (Å²) in [4.78, 5) is 9.50. The molecule has 128 valence electrons. The third-order valence-corrected chi connectivity index (χ3v) is 5.03. The summed E-state index contributed by atoms with van der Waals surface area (Å²) in [7, 11) is 0. The number of nitrogens with zero attached hydrogens (tertiary/aromatic N) is 3. The average Bonchev–Trinajstić information content (AvgIpc) is 3.05. The fraction of sp³-hybridized carbons (Fsp3) is 0.476. The van der Waals surface area contributed by atoms with E-state index in [0.717, 1.165) is 26.2 Å². The number of benzene rings is 1. The molecule has 1 aliphatic rings.